The Hall–Kier alpha value is -2.55. The highest BCUT2D eigenvalue weighted by molar-refractivity contribution is 7.99. The number of nitrogens with one attached hydrogen (secondary N) is 1. The van der Waals surface area contributed by atoms with Gasteiger partial charge in [0.25, 0.3) is 5.91 Å². The average molecular weight is 458 g/mol. The summed E-state index contributed by atoms with van der Waals surface area (Å²) in [5, 5.41) is 3.42. The van der Waals surface area contributed by atoms with Gasteiger partial charge in [-0.3, -0.25) is 4.79 Å². The Morgan fingerprint density at radius 3 is 2.62 bits per heavy atom. The number of benzene rings is 2. The number of hydrogen-bond acceptors (Lipinski definition) is 6. The number of hydrogen-bond donors (Lipinski definition) is 1. The van der Waals surface area contributed by atoms with Gasteiger partial charge >= 0.3 is 0 Å². The monoisotopic (exact) mass is 457 g/mol. The summed E-state index contributed by atoms with van der Waals surface area (Å²) >= 11 is 1.64. The molecule has 32 heavy (non-hydrogen) atoms. The molecule has 1 N–H and O–H groups in total. The molecule has 1 aromatic heterocycles. The van der Waals surface area contributed by atoms with Crippen LogP contribution in [-0.4, -0.2) is 57.4 Å². The normalized spacial score (nSPS) is 18.7. The van der Waals surface area contributed by atoms with Gasteiger partial charge in [-0.05, 0) is 51.4 Å². The number of rotatable bonds is 5. The zero-order valence-electron chi connectivity index (χ0n) is 18.9. The Balaban J connectivity index is 1.89. The van der Waals surface area contributed by atoms with Crippen molar-refractivity contribution >= 4 is 34.5 Å². The standard InChI is InChI=1S/C24H28FN3O3S/c1-14-18-10-19-21(11-20(18)28(32-5)13-17(30-14)12-27(3)4)31-23(22(19)24(29)26-2)15-6-8-16(25)9-7-15/h6-11,14,17H,12-13H2,1-5H3,(H,26,29). The van der Waals surface area contributed by atoms with Crippen molar-refractivity contribution in [3.63, 3.8) is 0 Å². The summed E-state index contributed by atoms with van der Waals surface area (Å²) in [6.45, 7) is 3.58. The van der Waals surface area contributed by atoms with Gasteiger partial charge in [0.05, 0.1) is 30.0 Å². The molecule has 0 spiro atoms. The molecule has 0 aliphatic carbocycles. The van der Waals surface area contributed by atoms with Crippen molar-refractivity contribution in [3.05, 3.63) is 53.3 Å². The first-order valence-electron chi connectivity index (χ1n) is 10.5. The third-order valence-electron chi connectivity index (χ3n) is 5.66. The van der Waals surface area contributed by atoms with Crippen molar-refractivity contribution in [2.75, 3.05) is 44.8 Å². The molecular weight excluding hydrogens is 429 g/mol. The van der Waals surface area contributed by atoms with E-state index in [1.165, 1.54) is 12.1 Å². The fourth-order valence-corrected chi connectivity index (χ4v) is 4.88. The van der Waals surface area contributed by atoms with Crippen LogP contribution >= 0.6 is 11.9 Å². The largest absolute Gasteiger partial charge is 0.455 e. The van der Waals surface area contributed by atoms with Gasteiger partial charge in [0.15, 0.2) is 0 Å². The third-order valence-corrected chi connectivity index (χ3v) is 6.45. The number of furan rings is 1. The molecule has 2 aromatic carbocycles. The molecule has 3 aromatic rings. The molecule has 1 aliphatic heterocycles. The number of likely N-dealkylation sites (N-methyl/N-ethyl adjacent to an activating group) is 1. The molecule has 0 fully saturated rings. The molecule has 2 heterocycles. The number of amides is 1. The summed E-state index contributed by atoms with van der Waals surface area (Å²) < 4.78 is 28.3. The maximum Gasteiger partial charge on any atom is 0.255 e. The van der Waals surface area contributed by atoms with Gasteiger partial charge in [-0.2, -0.15) is 0 Å². The molecule has 0 radical (unpaired) electrons. The van der Waals surface area contributed by atoms with Crippen LogP contribution in [0.4, 0.5) is 10.1 Å². The highest BCUT2D eigenvalue weighted by Crippen LogP contribution is 2.42. The van der Waals surface area contributed by atoms with Gasteiger partial charge in [0, 0.05) is 42.4 Å². The van der Waals surface area contributed by atoms with Gasteiger partial charge in [-0.1, -0.05) is 11.9 Å². The molecule has 2 unspecified atom stereocenters. The summed E-state index contributed by atoms with van der Waals surface area (Å²) in [7, 11) is 5.66. The van der Waals surface area contributed by atoms with Crippen LogP contribution < -0.4 is 9.62 Å². The number of carbonyl (C=O) groups excluding carboxylic acids is 1. The van der Waals surface area contributed by atoms with E-state index >= 15 is 0 Å². The van der Waals surface area contributed by atoms with Gasteiger partial charge in [0.1, 0.15) is 17.2 Å². The lowest BCUT2D eigenvalue weighted by atomic mass is 10.0. The molecule has 0 saturated carbocycles. The van der Waals surface area contributed by atoms with Crippen molar-refractivity contribution in [2.24, 2.45) is 0 Å². The van der Waals surface area contributed by atoms with E-state index in [9.17, 15) is 9.18 Å². The molecule has 6 nitrogen and oxygen atoms in total. The third kappa shape index (κ3) is 4.22. The Bertz CT molecular complexity index is 1130. The summed E-state index contributed by atoms with van der Waals surface area (Å²) in [5.41, 5.74) is 3.72. The fraction of sp³-hybridized carbons (Fsp3) is 0.375. The van der Waals surface area contributed by atoms with E-state index in [-0.39, 0.29) is 23.9 Å². The second kappa shape index (κ2) is 9.13. The molecular formula is C24H28FN3O3S. The van der Waals surface area contributed by atoms with Gasteiger partial charge in [0.2, 0.25) is 0 Å². The Morgan fingerprint density at radius 1 is 1.28 bits per heavy atom. The van der Waals surface area contributed by atoms with E-state index in [1.807, 2.05) is 39.4 Å². The minimum absolute atomic E-state index is 0.0411. The van der Waals surface area contributed by atoms with Crippen molar-refractivity contribution in [1.29, 1.82) is 0 Å². The average Bonchev–Trinajstić information content (AvgIpc) is 3.08. The van der Waals surface area contributed by atoms with Crippen LogP contribution in [0.3, 0.4) is 0 Å². The number of carbonyl (C=O) groups is 1. The number of nitrogens with zero attached hydrogens (tertiary/aromatic N) is 2. The smallest absolute Gasteiger partial charge is 0.255 e. The van der Waals surface area contributed by atoms with E-state index < -0.39 is 0 Å². The lowest BCUT2D eigenvalue weighted by Gasteiger charge is -2.26. The molecule has 170 valence electrons. The second-order valence-electron chi connectivity index (χ2n) is 8.21. The number of fused-ring (bicyclic) bond motifs is 2. The predicted molar refractivity (Wildman–Crippen MR) is 128 cm³/mol. The zero-order chi connectivity index (χ0) is 23.0. The summed E-state index contributed by atoms with van der Waals surface area (Å²) in [6.07, 6.45) is 1.93. The molecule has 1 amide bonds. The van der Waals surface area contributed by atoms with Crippen molar-refractivity contribution < 1.29 is 18.3 Å². The van der Waals surface area contributed by atoms with E-state index in [4.69, 9.17) is 9.15 Å². The number of halogens is 1. The Labute approximate surface area is 191 Å². The molecule has 0 saturated heterocycles. The summed E-state index contributed by atoms with van der Waals surface area (Å²) in [6, 6.07) is 9.95. The summed E-state index contributed by atoms with van der Waals surface area (Å²) in [5.74, 6) is -0.168. The van der Waals surface area contributed by atoms with E-state index in [1.54, 1.807) is 31.1 Å². The van der Waals surface area contributed by atoms with Gasteiger partial charge in [-0.15, -0.1) is 0 Å². The SMILES string of the molecule is CNC(=O)c1c(-c2ccc(F)cc2)oc2cc3c(cc12)C(C)OC(CN(C)C)CN3SC. The lowest BCUT2D eigenvalue weighted by Crippen LogP contribution is -2.35. The highest BCUT2D eigenvalue weighted by atomic mass is 32.2. The zero-order valence-corrected chi connectivity index (χ0v) is 19.8. The first-order chi connectivity index (χ1) is 15.3. The van der Waals surface area contributed by atoms with Crippen LogP contribution in [-0.2, 0) is 4.74 Å². The van der Waals surface area contributed by atoms with Crippen LogP contribution in [0.15, 0.2) is 40.8 Å². The van der Waals surface area contributed by atoms with Gasteiger partial charge < -0.3 is 23.7 Å². The second-order valence-corrected chi connectivity index (χ2v) is 9.01. The predicted octanol–water partition coefficient (Wildman–Crippen LogP) is 4.70. The Kier molecular flexibility index (Phi) is 6.46. The molecule has 1 aliphatic rings. The first kappa shape index (κ1) is 22.6. The van der Waals surface area contributed by atoms with E-state index in [0.717, 1.165) is 24.3 Å². The topological polar surface area (TPSA) is 58.0 Å². The van der Waals surface area contributed by atoms with Crippen molar-refractivity contribution in [2.45, 2.75) is 19.1 Å². The van der Waals surface area contributed by atoms with Crippen LogP contribution in [0.1, 0.15) is 28.9 Å². The molecule has 8 heteroatoms. The lowest BCUT2D eigenvalue weighted by molar-refractivity contribution is -0.00532. The van der Waals surface area contributed by atoms with Crippen LogP contribution in [0.25, 0.3) is 22.3 Å². The van der Waals surface area contributed by atoms with Crippen molar-refractivity contribution in [1.82, 2.24) is 10.2 Å². The maximum absolute atomic E-state index is 13.5. The first-order valence-corrected chi connectivity index (χ1v) is 11.7. The maximum atomic E-state index is 13.5. The van der Waals surface area contributed by atoms with Gasteiger partial charge in [-0.25, -0.2) is 4.39 Å². The number of ether oxygens (including phenoxy) is 1. The highest BCUT2D eigenvalue weighted by Gasteiger charge is 2.30. The minimum Gasteiger partial charge on any atom is -0.455 e. The minimum atomic E-state index is -0.341. The van der Waals surface area contributed by atoms with Crippen LogP contribution in [0.2, 0.25) is 0 Å². The number of anilines is 1. The van der Waals surface area contributed by atoms with Crippen LogP contribution in [0.5, 0.6) is 0 Å². The molecule has 0 bridgehead atoms. The Morgan fingerprint density at radius 2 is 2.00 bits per heavy atom. The van der Waals surface area contributed by atoms with E-state index in [2.05, 4.69) is 14.5 Å². The van der Waals surface area contributed by atoms with Crippen molar-refractivity contribution in [3.8, 4) is 11.3 Å². The fourth-order valence-electron chi connectivity index (χ4n) is 4.21. The molecule has 4 rings (SSSR count). The van der Waals surface area contributed by atoms with Crippen LogP contribution in [0, 0.1) is 5.82 Å². The summed E-state index contributed by atoms with van der Waals surface area (Å²) in [4.78, 5) is 15.0. The quantitative estimate of drug-likeness (QED) is 0.561. The molecule has 2 atom stereocenters. The van der Waals surface area contributed by atoms with E-state index in [0.29, 0.717) is 27.9 Å².